The average molecular weight is 387 g/mol. The molecule has 2 aromatic carbocycles. The molecule has 1 amide bonds. The second-order valence-electron chi connectivity index (χ2n) is 6.63. The molecule has 0 aromatic heterocycles. The second-order valence-corrected chi connectivity index (χ2v) is 6.63. The molecule has 1 aliphatic heterocycles. The maximum absolute atomic E-state index is 14.4. The fourth-order valence-electron chi connectivity index (χ4n) is 3.27. The molecule has 28 heavy (non-hydrogen) atoms. The Bertz CT molecular complexity index is 873. The fraction of sp³-hybridized carbons (Fsp3) is 0.333. The van der Waals surface area contributed by atoms with Crippen LogP contribution < -0.4 is 5.73 Å². The Morgan fingerprint density at radius 2 is 1.96 bits per heavy atom. The van der Waals surface area contributed by atoms with Crippen LogP contribution in [0.25, 0.3) is 0 Å². The number of amides is 1. The number of hydrogen-bond donors (Lipinski definition) is 1. The van der Waals surface area contributed by atoms with Crippen LogP contribution in [0.1, 0.15) is 43.7 Å². The maximum atomic E-state index is 14.4. The van der Waals surface area contributed by atoms with Crippen molar-refractivity contribution in [3.63, 3.8) is 0 Å². The highest BCUT2D eigenvalue weighted by atomic mass is 19.1. The zero-order valence-corrected chi connectivity index (χ0v) is 15.7. The van der Waals surface area contributed by atoms with Crippen LogP contribution in [-0.2, 0) is 15.3 Å². The summed E-state index contributed by atoms with van der Waals surface area (Å²) >= 11 is 0. The molecule has 1 aliphatic rings. The lowest BCUT2D eigenvalue weighted by atomic mass is 9.96. The molecule has 5 nitrogen and oxygen atoms in total. The Labute approximate surface area is 162 Å². The highest BCUT2D eigenvalue weighted by Crippen LogP contribution is 2.41. The summed E-state index contributed by atoms with van der Waals surface area (Å²) in [4.78, 5) is 12.9. The molecular formula is C21H23F2N3O2. The number of carbonyl (C=O) groups is 1. The summed E-state index contributed by atoms with van der Waals surface area (Å²) in [5.41, 5.74) is 5.03. The highest BCUT2D eigenvalue weighted by Gasteiger charge is 2.49. The Hall–Kier alpha value is -2.80. The van der Waals surface area contributed by atoms with Gasteiger partial charge in [0.05, 0.1) is 5.56 Å². The molecule has 2 aromatic rings. The first kappa shape index (κ1) is 19.9. The number of benzene rings is 2. The largest absolute Gasteiger partial charge is 0.443 e. The van der Waals surface area contributed by atoms with Crippen LogP contribution in [0.3, 0.4) is 0 Å². The normalized spacial score (nSPS) is 18.7. The van der Waals surface area contributed by atoms with Gasteiger partial charge in [-0.05, 0) is 37.6 Å². The lowest BCUT2D eigenvalue weighted by Gasteiger charge is -2.35. The third kappa shape index (κ3) is 3.75. The van der Waals surface area contributed by atoms with Crippen LogP contribution in [0.15, 0.2) is 53.6 Å². The third-order valence-corrected chi connectivity index (χ3v) is 4.60. The van der Waals surface area contributed by atoms with E-state index in [0.717, 1.165) is 18.2 Å². The van der Waals surface area contributed by atoms with E-state index in [9.17, 15) is 13.6 Å². The molecule has 2 N–H and O–H groups in total. The van der Waals surface area contributed by atoms with Crippen LogP contribution in [0, 0.1) is 11.6 Å². The van der Waals surface area contributed by atoms with Crippen LogP contribution in [0.2, 0.25) is 0 Å². The Kier molecular flexibility index (Phi) is 6.04. The number of rotatable bonds is 7. The van der Waals surface area contributed by atoms with Gasteiger partial charge in [0.25, 0.3) is 0 Å². The first-order valence-electron chi connectivity index (χ1n) is 9.33. The predicted octanol–water partition coefficient (Wildman–Crippen LogP) is 3.88. The summed E-state index contributed by atoms with van der Waals surface area (Å²) in [6, 6.07) is 12.2. The molecule has 0 radical (unpaired) electrons. The van der Waals surface area contributed by atoms with Crippen LogP contribution in [0.5, 0.6) is 0 Å². The quantitative estimate of drug-likeness (QED) is 0.784. The molecule has 7 heteroatoms. The van der Waals surface area contributed by atoms with Gasteiger partial charge in [-0.2, -0.15) is 5.01 Å². The van der Waals surface area contributed by atoms with Gasteiger partial charge < -0.3 is 10.5 Å². The van der Waals surface area contributed by atoms with Crippen LogP contribution in [0.4, 0.5) is 8.78 Å². The van der Waals surface area contributed by atoms with Crippen molar-refractivity contribution in [3.8, 4) is 0 Å². The first-order valence-corrected chi connectivity index (χ1v) is 9.33. The van der Waals surface area contributed by atoms with Crippen molar-refractivity contribution < 1.29 is 18.3 Å². The van der Waals surface area contributed by atoms with E-state index in [1.165, 1.54) is 5.01 Å². The Morgan fingerprint density at radius 1 is 1.21 bits per heavy atom. The van der Waals surface area contributed by atoms with E-state index >= 15 is 0 Å². The van der Waals surface area contributed by atoms with Crippen molar-refractivity contribution in [2.45, 2.75) is 38.3 Å². The van der Waals surface area contributed by atoms with Gasteiger partial charge in [-0.15, -0.1) is 5.10 Å². The van der Waals surface area contributed by atoms with E-state index in [-0.39, 0.29) is 23.8 Å². The topological polar surface area (TPSA) is 67.9 Å². The SMILES string of the molecule is CCCC(=O)N1N=C(c2cc(F)ccc2F)OC1(CCCN)c1ccccc1. The van der Waals surface area contributed by atoms with Gasteiger partial charge in [0.15, 0.2) is 0 Å². The molecule has 0 saturated heterocycles. The summed E-state index contributed by atoms with van der Waals surface area (Å²) in [6.45, 7) is 2.27. The zero-order chi connectivity index (χ0) is 20.1. The van der Waals surface area contributed by atoms with Gasteiger partial charge in [-0.1, -0.05) is 37.3 Å². The lowest BCUT2D eigenvalue weighted by molar-refractivity contribution is -0.152. The van der Waals surface area contributed by atoms with E-state index in [4.69, 9.17) is 10.5 Å². The third-order valence-electron chi connectivity index (χ3n) is 4.60. The number of halogens is 2. The molecule has 1 heterocycles. The predicted molar refractivity (Wildman–Crippen MR) is 102 cm³/mol. The number of hydrazone groups is 1. The second kappa shape index (κ2) is 8.48. The highest BCUT2D eigenvalue weighted by molar-refractivity contribution is 5.97. The Balaban J connectivity index is 2.12. The lowest BCUT2D eigenvalue weighted by Crippen LogP contribution is -2.45. The van der Waals surface area contributed by atoms with E-state index in [1.807, 2.05) is 37.3 Å². The van der Waals surface area contributed by atoms with E-state index in [0.29, 0.717) is 31.4 Å². The molecule has 0 fully saturated rings. The smallest absolute Gasteiger partial charge is 0.246 e. The van der Waals surface area contributed by atoms with Crippen molar-refractivity contribution in [2.24, 2.45) is 10.8 Å². The molecular weight excluding hydrogens is 364 g/mol. The summed E-state index contributed by atoms with van der Waals surface area (Å²) in [5, 5.41) is 5.56. The molecule has 148 valence electrons. The number of carbonyl (C=O) groups excluding carboxylic acids is 1. The first-order chi connectivity index (χ1) is 13.5. The van der Waals surface area contributed by atoms with E-state index in [1.54, 1.807) is 0 Å². The van der Waals surface area contributed by atoms with Crippen molar-refractivity contribution >= 4 is 11.8 Å². The maximum Gasteiger partial charge on any atom is 0.246 e. The number of hydrogen-bond acceptors (Lipinski definition) is 4. The average Bonchev–Trinajstić information content (AvgIpc) is 3.10. The Morgan fingerprint density at radius 3 is 2.64 bits per heavy atom. The van der Waals surface area contributed by atoms with Gasteiger partial charge in [-0.25, -0.2) is 8.78 Å². The molecule has 0 spiro atoms. The van der Waals surface area contributed by atoms with Crippen molar-refractivity contribution in [1.82, 2.24) is 5.01 Å². The molecule has 1 unspecified atom stereocenters. The van der Waals surface area contributed by atoms with Gasteiger partial charge in [0, 0.05) is 18.4 Å². The molecule has 0 bridgehead atoms. The minimum atomic E-state index is -1.25. The van der Waals surface area contributed by atoms with Gasteiger partial charge in [0.1, 0.15) is 11.6 Å². The van der Waals surface area contributed by atoms with Crippen LogP contribution in [-0.4, -0.2) is 23.4 Å². The number of nitrogens with two attached hydrogens (primary N) is 1. The van der Waals surface area contributed by atoms with Gasteiger partial charge in [-0.3, -0.25) is 4.79 Å². The number of ether oxygens (including phenoxy) is 1. The van der Waals surface area contributed by atoms with Gasteiger partial charge in [0.2, 0.25) is 17.5 Å². The molecule has 0 aliphatic carbocycles. The summed E-state index contributed by atoms with van der Waals surface area (Å²) in [7, 11) is 0. The fourth-order valence-corrected chi connectivity index (χ4v) is 3.27. The monoisotopic (exact) mass is 387 g/mol. The number of nitrogens with zero attached hydrogens (tertiary/aromatic N) is 2. The van der Waals surface area contributed by atoms with Crippen molar-refractivity contribution in [2.75, 3.05) is 6.54 Å². The van der Waals surface area contributed by atoms with E-state index < -0.39 is 17.4 Å². The summed E-state index contributed by atoms with van der Waals surface area (Å²) in [6.07, 6.45) is 1.80. The van der Waals surface area contributed by atoms with Crippen molar-refractivity contribution in [1.29, 1.82) is 0 Å². The molecule has 1 atom stereocenters. The van der Waals surface area contributed by atoms with Crippen molar-refractivity contribution in [3.05, 3.63) is 71.3 Å². The molecule has 0 saturated carbocycles. The minimum Gasteiger partial charge on any atom is -0.443 e. The van der Waals surface area contributed by atoms with Gasteiger partial charge >= 0.3 is 0 Å². The summed E-state index contributed by atoms with van der Waals surface area (Å²) < 4.78 is 34.2. The van der Waals surface area contributed by atoms with E-state index in [2.05, 4.69) is 5.10 Å². The minimum absolute atomic E-state index is 0.123. The summed E-state index contributed by atoms with van der Waals surface area (Å²) in [5.74, 6) is -1.67. The standard InChI is InChI=1S/C21H23F2N3O2/c1-2-7-19(27)26-21(12-6-13-24,15-8-4-3-5-9-15)28-20(25-26)17-14-16(22)10-11-18(17)23/h3-5,8-11,14H,2,6-7,12-13,24H2,1H3. The zero-order valence-electron chi connectivity index (χ0n) is 15.7. The molecule has 3 rings (SSSR count). The van der Waals surface area contributed by atoms with Crippen LogP contribution >= 0.6 is 0 Å².